The van der Waals surface area contributed by atoms with Gasteiger partial charge in [-0.3, -0.25) is 4.90 Å². The molecule has 1 N–H and O–H groups in total. The first kappa shape index (κ1) is 15.5. The Bertz CT molecular complexity index is 629. The second-order valence-electron chi connectivity index (χ2n) is 5.84. The van der Waals surface area contributed by atoms with Crippen molar-refractivity contribution in [1.82, 2.24) is 9.88 Å². The molecule has 22 heavy (non-hydrogen) atoms. The first-order valence-electron chi connectivity index (χ1n) is 7.61. The van der Waals surface area contributed by atoms with E-state index in [1.807, 2.05) is 12.1 Å². The number of rotatable bonds is 4. The summed E-state index contributed by atoms with van der Waals surface area (Å²) >= 11 is 1.76. The summed E-state index contributed by atoms with van der Waals surface area (Å²) in [6, 6.07) is 6.10. The number of piperidine rings is 1. The van der Waals surface area contributed by atoms with Gasteiger partial charge in [0.2, 0.25) is 5.88 Å². The van der Waals surface area contributed by atoms with Gasteiger partial charge < -0.3 is 9.84 Å². The van der Waals surface area contributed by atoms with Gasteiger partial charge in [-0.25, -0.2) is 4.98 Å². The van der Waals surface area contributed by atoms with Crippen molar-refractivity contribution in [3.05, 3.63) is 45.8 Å². The van der Waals surface area contributed by atoms with Gasteiger partial charge in [-0.2, -0.15) is 0 Å². The molecule has 0 bridgehead atoms. The number of aromatic nitrogens is 1. The molecule has 0 unspecified atom stereocenters. The number of likely N-dealkylation sites (tertiary alicyclic amines) is 1. The second kappa shape index (κ2) is 6.77. The predicted molar refractivity (Wildman–Crippen MR) is 88.5 cm³/mol. The molecule has 1 aliphatic heterocycles. The van der Waals surface area contributed by atoms with Gasteiger partial charge in [-0.1, -0.05) is 6.07 Å². The minimum atomic E-state index is -0.311. The molecule has 0 saturated carbocycles. The lowest BCUT2D eigenvalue weighted by atomic mass is 9.90. The molecule has 0 spiro atoms. The van der Waals surface area contributed by atoms with Crippen LogP contribution in [0.3, 0.4) is 0 Å². The van der Waals surface area contributed by atoms with Crippen LogP contribution in [0.4, 0.5) is 0 Å². The minimum Gasteiger partial charge on any atom is -0.481 e. The number of ether oxygens (including phenoxy) is 1. The van der Waals surface area contributed by atoms with E-state index < -0.39 is 0 Å². The molecule has 1 saturated heterocycles. The van der Waals surface area contributed by atoms with Gasteiger partial charge in [-0.15, -0.1) is 11.3 Å². The average molecular weight is 318 g/mol. The van der Waals surface area contributed by atoms with Crippen LogP contribution < -0.4 is 4.74 Å². The van der Waals surface area contributed by atoms with Gasteiger partial charge in [0, 0.05) is 35.6 Å². The van der Waals surface area contributed by atoms with E-state index in [-0.39, 0.29) is 12.0 Å². The second-order valence-corrected chi connectivity index (χ2v) is 6.78. The third-order valence-electron chi connectivity index (χ3n) is 4.34. The first-order chi connectivity index (χ1) is 10.7. The smallest absolute Gasteiger partial charge is 0.217 e. The largest absolute Gasteiger partial charge is 0.481 e. The Balaban J connectivity index is 1.66. The van der Waals surface area contributed by atoms with E-state index in [0.29, 0.717) is 12.4 Å². The summed E-state index contributed by atoms with van der Waals surface area (Å²) in [6.45, 7) is 4.58. The molecule has 1 fully saturated rings. The third-order valence-corrected chi connectivity index (χ3v) is 5.49. The lowest BCUT2D eigenvalue weighted by molar-refractivity contribution is 0.0481. The van der Waals surface area contributed by atoms with Crippen molar-refractivity contribution in [3.8, 4) is 5.88 Å². The van der Waals surface area contributed by atoms with Crippen LogP contribution in [0.15, 0.2) is 29.8 Å². The zero-order valence-electron chi connectivity index (χ0n) is 13.0. The minimum absolute atomic E-state index is 0.270. The fraction of sp³-hybridized carbons (Fsp3) is 0.471. The highest BCUT2D eigenvalue weighted by Gasteiger charge is 2.30. The summed E-state index contributed by atoms with van der Waals surface area (Å²) in [5, 5.41) is 12.7. The van der Waals surface area contributed by atoms with Gasteiger partial charge in [0.05, 0.1) is 13.2 Å². The lowest BCUT2D eigenvalue weighted by Gasteiger charge is -2.36. The highest BCUT2D eigenvalue weighted by Crippen LogP contribution is 2.34. The quantitative estimate of drug-likeness (QED) is 0.941. The molecule has 0 aliphatic carbocycles. The summed E-state index contributed by atoms with van der Waals surface area (Å²) < 4.78 is 5.31. The Hall–Kier alpha value is -1.43. The number of β-amino-alcohol motifs (C(OH)–C–C–N with tert-alkyl or cyclic N) is 1. The summed E-state index contributed by atoms with van der Waals surface area (Å²) in [7, 11) is 1.65. The molecule has 4 nitrogen and oxygen atoms in total. The zero-order valence-corrected chi connectivity index (χ0v) is 13.8. The summed E-state index contributed by atoms with van der Waals surface area (Å²) in [4.78, 5) is 7.86. The van der Waals surface area contributed by atoms with Crippen LogP contribution in [0.25, 0.3) is 0 Å². The van der Waals surface area contributed by atoms with Crippen molar-refractivity contribution in [2.45, 2.75) is 31.9 Å². The SMILES string of the molecule is COc1ncccc1CN1CC[C@@H](c2sccc2C)[C@H](O)C1. The van der Waals surface area contributed by atoms with E-state index in [9.17, 15) is 5.11 Å². The molecule has 2 atom stereocenters. The first-order valence-corrected chi connectivity index (χ1v) is 8.49. The van der Waals surface area contributed by atoms with Crippen molar-refractivity contribution in [3.63, 3.8) is 0 Å². The number of aliphatic hydroxyl groups excluding tert-OH is 1. The fourth-order valence-corrected chi connectivity index (χ4v) is 4.30. The molecule has 5 heteroatoms. The molecule has 1 aliphatic rings. The van der Waals surface area contributed by atoms with Crippen LogP contribution in [-0.4, -0.2) is 41.3 Å². The number of hydrogen-bond donors (Lipinski definition) is 1. The van der Waals surface area contributed by atoms with Crippen molar-refractivity contribution >= 4 is 11.3 Å². The van der Waals surface area contributed by atoms with Crippen LogP contribution in [0.5, 0.6) is 5.88 Å². The topological polar surface area (TPSA) is 45.6 Å². The number of aryl methyl sites for hydroxylation is 1. The predicted octanol–water partition coefficient (Wildman–Crippen LogP) is 2.81. The van der Waals surface area contributed by atoms with Crippen LogP contribution in [0.2, 0.25) is 0 Å². The van der Waals surface area contributed by atoms with Gasteiger partial charge in [0.25, 0.3) is 0 Å². The molecule has 0 amide bonds. The maximum absolute atomic E-state index is 10.6. The molecule has 3 heterocycles. The van der Waals surface area contributed by atoms with Crippen LogP contribution in [-0.2, 0) is 6.54 Å². The standard InChI is InChI=1S/C17H22N2O2S/c1-12-6-9-22-16(12)14-5-8-19(11-15(14)20)10-13-4-3-7-18-17(13)21-2/h3-4,6-7,9,14-15,20H,5,8,10-11H2,1-2H3/t14-,15-/m1/s1. The Morgan fingerprint density at radius 3 is 3.00 bits per heavy atom. The number of thiophene rings is 1. The number of nitrogens with zero attached hydrogens (tertiary/aromatic N) is 2. The maximum Gasteiger partial charge on any atom is 0.217 e. The van der Waals surface area contributed by atoms with Gasteiger partial charge >= 0.3 is 0 Å². The van der Waals surface area contributed by atoms with E-state index in [0.717, 1.165) is 25.1 Å². The number of aliphatic hydroxyl groups is 1. The van der Waals surface area contributed by atoms with E-state index in [2.05, 4.69) is 28.3 Å². The van der Waals surface area contributed by atoms with E-state index in [1.54, 1.807) is 24.6 Å². The molecular formula is C17H22N2O2S. The Kier molecular flexibility index (Phi) is 4.76. The van der Waals surface area contributed by atoms with Crippen molar-refractivity contribution in [2.75, 3.05) is 20.2 Å². The number of hydrogen-bond acceptors (Lipinski definition) is 5. The molecule has 2 aromatic rings. The Morgan fingerprint density at radius 1 is 1.45 bits per heavy atom. The highest BCUT2D eigenvalue weighted by molar-refractivity contribution is 7.10. The maximum atomic E-state index is 10.6. The molecule has 2 aromatic heterocycles. The molecule has 118 valence electrons. The normalized spacial score (nSPS) is 22.7. The van der Waals surface area contributed by atoms with Crippen LogP contribution >= 0.6 is 11.3 Å². The van der Waals surface area contributed by atoms with Gasteiger partial charge in [0.15, 0.2) is 0 Å². The van der Waals surface area contributed by atoms with Crippen LogP contribution in [0, 0.1) is 6.92 Å². The monoisotopic (exact) mass is 318 g/mol. The third kappa shape index (κ3) is 3.16. The van der Waals surface area contributed by atoms with E-state index in [4.69, 9.17) is 4.74 Å². The Labute approximate surface area is 135 Å². The fourth-order valence-electron chi connectivity index (χ4n) is 3.18. The van der Waals surface area contributed by atoms with E-state index >= 15 is 0 Å². The summed E-state index contributed by atoms with van der Waals surface area (Å²) in [5.41, 5.74) is 2.37. The molecule has 0 radical (unpaired) electrons. The van der Waals surface area contributed by atoms with Crippen molar-refractivity contribution in [1.29, 1.82) is 0 Å². The molecule has 3 rings (SSSR count). The van der Waals surface area contributed by atoms with Crippen LogP contribution in [0.1, 0.15) is 28.3 Å². The van der Waals surface area contributed by atoms with Gasteiger partial charge in [-0.05, 0) is 43.0 Å². The molecule has 0 aromatic carbocycles. The van der Waals surface area contributed by atoms with Crippen molar-refractivity contribution in [2.24, 2.45) is 0 Å². The van der Waals surface area contributed by atoms with Gasteiger partial charge in [0.1, 0.15) is 0 Å². The lowest BCUT2D eigenvalue weighted by Crippen LogP contribution is -2.42. The van der Waals surface area contributed by atoms with Crippen molar-refractivity contribution < 1.29 is 9.84 Å². The summed E-state index contributed by atoms with van der Waals surface area (Å²) in [6.07, 6.45) is 2.42. The zero-order chi connectivity index (χ0) is 15.5. The number of pyridine rings is 1. The number of methoxy groups -OCH3 is 1. The Morgan fingerprint density at radius 2 is 2.32 bits per heavy atom. The highest BCUT2D eigenvalue weighted by atomic mass is 32.1. The van der Waals surface area contributed by atoms with E-state index in [1.165, 1.54) is 10.4 Å². The molecular weight excluding hydrogens is 296 g/mol. The summed E-state index contributed by atoms with van der Waals surface area (Å²) in [5.74, 6) is 0.945. The average Bonchev–Trinajstić information content (AvgIpc) is 2.94.